The molecule has 1 atom stereocenters. The van der Waals surface area contributed by atoms with Crippen LogP contribution in [-0.4, -0.2) is 26.6 Å². The molecule has 30 heavy (non-hydrogen) atoms. The van der Waals surface area contributed by atoms with Crippen molar-refractivity contribution in [2.45, 2.75) is 6.04 Å². The number of ether oxygens (including phenoxy) is 2. The van der Waals surface area contributed by atoms with Crippen molar-refractivity contribution in [2.75, 3.05) is 12.4 Å². The maximum absolute atomic E-state index is 13.1. The van der Waals surface area contributed by atoms with Crippen LogP contribution in [0.2, 0.25) is 0 Å². The van der Waals surface area contributed by atoms with Crippen molar-refractivity contribution in [3.63, 3.8) is 0 Å². The van der Waals surface area contributed by atoms with E-state index in [2.05, 4.69) is 20.3 Å². The normalized spacial score (nSPS) is 11.7. The van der Waals surface area contributed by atoms with Crippen molar-refractivity contribution in [1.29, 1.82) is 0 Å². The number of aromatic nitrogens is 4. The zero-order chi connectivity index (χ0) is 20.9. The third kappa shape index (κ3) is 4.38. The van der Waals surface area contributed by atoms with E-state index in [4.69, 9.17) is 9.47 Å². The van der Waals surface area contributed by atoms with E-state index in [1.54, 1.807) is 37.7 Å². The van der Waals surface area contributed by atoms with Crippen molar-refractivity contribution in [3.8, 4) is 17.4 Å². The van der Waals surface area contributed by atoms with Crippen LogP contribution < -0.4 is 14.8 Å². The van der Waals surface area contributed by atoms with Crippen LogP contribution in [0.15, 0.2) is 73.2 Å². The van der Waals surface area contributed by atoms with Crippen LogP contribution in [0.3, 0.4) is 0 Å². The van der Waals surface area contributed by atoms with E-state index >= 15 is 0 Å². The van der Waals surface area contributed by atoms with Gasteiger partial charge in [-0.05, 0) is 42.0 Å². The van der Waals surface area contributed by atoms with Gasteiger partial charge in [0.1, 0.15) is 29.2 Å². The lowest BCUT2D eigenvalue weighted by Crippen LogP contribution is -2.18. The maximum Gasteiger partial charge on any atom is 0.226 e. The van der Waals surface area contributed by atoms with Gasteiger partial charge in [-0.3, -0.25) is 0 Å². The lowest BCUT2D eigenvalue weighted by atomic mass is 10.1. The van der Waals surface area contributed by atoms with Crippen molar-refractivity contribution in [3.05, 3.63) is 90.4 Å². The summed E-state index contributed by atoms with van der Waals surface area (Å²) in [4.78, 5) is 13.2. The predicted octanol–water partition coefficient (Wildman–Crippen LogP) is 4.35. The topological polar surface area (TPSA) is 74.1 Å². The van der Waals surface area contributed by atoms with Crippen LogP contribution in [0.5, 0.6) is 17.4 Å². The van der Waals surface area contributed by atoms with Crippen LogP contribution in [0.25, 0.3) is 0 Å². The molecule has 4 rings (SSSR count). The average Bonchev–Trinajstić information content (AvgIpc) is 3.20. The van der Waals surface area contributed by atoms with Gasteiger partial charge in [0, 0.05) is 31.7 Å². The lowest BCUT2D eigenvalue weighted by Gasteiger charge is -2.19. The van der Waals surface area contributed by atoms with Gasteiger partial charge < -0.3 is 19.4 Å². The highest BCUT2D eigenvalue weighted by atomic mass is 19.1. The summed E-state index contributed by atoms with van der Waals surface area (Å²) < 4.78 is 26.0. The molecule has 4 aromatic rings. The van der Waals surface area contributed by atoms with Gasteiger partial charge in [0.25, 0.3) is 0 Å². The molecule has 0 aliphatic heterocycles. The number of nitrogens with one attached hydrogen (secondary N) is 1. The fraction of sp³-hybridized carbons (Fsp3) is 0.136. The fourth-order valence-electron chi connectivity index (χ4n) is 2.97. The van der Waals surface area contributed by atoms with E-state index in [0.717, 1.165) is 17.1 Å². The molecule has 0 amide bonds. The van der Waals surface area contributed by atoms with Gasteiger partial charge in [-0.25, -0.2) is 14.4 Å². The highest BCUT2D eigenvalue weighted by Gasteiger charge is 2.20. The molecule has 0 bridgehead atoms. The number of halogens is 1. The largest absolute Gasteiger partial charge is 0.497 e. The molecular weight excluding hydrogens is 385 g/mol. The van der Waals surface area contributed by atoms with Crippen LogP contribution in [-0.2, 0) is 7.05 Å². The Morgan fingerprint density at radius 1 is 0.933 bits per heavy atom. The zero-order valence-electron chi connectivity index (χ0n) is 16.5. The van der Waals surface area contributed by atoms with E-state index < -0.39 is 0 Å². The van der Waals surface area contributed by atoms with Crippen molar-refractivity contribution in [1.82, 2.24) is 19.5 Å². The van der Waals surface area contributed by atoms with Crippen molar-refractivity contribution in [2.24, 2.45) is 7.05 Å². The van der Waals surface area contributed by atoms with Gasteiger partial charge in [-0.15, -0.1) is 0 Å². The Balaban J connectivity index is 1.61. The van der Waals surface area contributed by atoms with Crippen LogP contribution >= 0.6 is 0 Å². The summed E-state index contributed by atoms with van der Waals surface area (Å²) in [5.74, 6) is 2.43. The molecule has 0 aliphatic carbocycles. The number of hydrogen-bond acceptors (Lipinski definition) is 6. The quantitative estimate of drug-likeness (QED) is 0.493. The lowest BCUT2D eigenvalue weighted by molar-refractivity contribution is 0.414. The Morgan fingerprint density at radius 2 is 1.67 bits per heavy atom. The zero-order valence-corrected chi connectivity index (χ0v) is 16.5. The first kappa shape index (κ1) is 19.4. The van der Waals surface area contributed by atoms with Crippen LogP contribution in [0.1, 0.15) is 17.4 Å². The molecular formula is C22H20FN5O2. The number of rotatable bonds is 7. The summed E-state index contributed by atoms with van der Waals surface area (Å²) in [6.45, 7) is 0. The second kappa shape index (κ2) is 8.60. The predicted molar refractivity (Wildman–Crippen MR) is 110 cm³/mol. The van der Waals surface area contributed by atoms with Crippen LogP contribution in [0, 0.1) is 5.82 Å². The molecule has 0 saturated heterocycles. The summed E-state index contributed by atoms with van der Waals surface area (Å²) >= 11 is 0. The second-order valence-electron chi connectivity index (χ2n) is 6.52. The SMILES string of the molecule is COc1ccc(C(Nc2nccc(Oc3ccc(F)cc3)n2)c2nccn2C)cc1. The highest BCUT2D eigenvalue weighted by Crippen LogP contribution is 2.27. The van der Waals surface area contributed by atoms with E-state index in [-0.39, 0.29) is 11.9 Å². The first-order chi connectivity index (χ1) is 14.6. The summed E-state index contributed by atoms with van der Waals surface area (Å²) in [7, 11) is 3.55. The number of methoxy groups -OCH3 is 1. The summed E-state index contributed by atoms with van der Waals surface area (Å²) in [6, 6.07) is 14.8. The Labute approximate surface area is 173 Å². The number of aryl methyl sites for hydroxylation is 1. The maximum atomic E-state index is 13.1. The van der Waals surface area contributed by atoms with Crippen molar-refractivity contribution < 1.29 is 13.9 Å². The number of imidazole rings is 1. The van der Waals surface area contributed by atoms with E-state index in [9.17, 15) is 4.39 Å². The molecule has 1 N–H and O–H groups in total. The van der Waals surface area contributed by atoms with Gasteiger partial charge in [0.15, 0.2) is 0 Å². The summed E-state index contributed by atoms with van der Waals surface area (Å²) in [5, 5.41) is 3.32. The molecule has 0 fully saturated rings. The van der Waals surface area contributed by atoms with Gasteiger partial charge >= 0.3 is 0 Å². The number of nitrogens with zero attached hydrogens (tertiary/aromatic N) is 4. The van der Waals surface area contributed by atoms with E-state index in [1.165, 1.54) is 12.1 Å². The molecule has 0 radical (unpaired) electrons. The first-order valence-corrected chi connectivity index (χ1v) is 9.26. The number of benzene rings is 2. The summed E-state index contributed by atoms with van der Waals surface area (Å²) in [6.07, 6.45) is 5.21. The molecule has 152 valence electrons. The van der Waals surface area contributed by atoms with Gasteiger partial charge in [0.2, 0.25) is 11.8 Å². The average molecular weight is 405 g/mol. The van der Waals surface area contributed by atoms with E-state index in [0.29, 0.717) is 17.6 Å². The number of anilines is 1. The van der Waals surface area contributed by atoms with Gasteiger partial charge in [-0.2, -0.15) is 4.98 Å². The van der Waals surface area contributed by atoms with Gasteiger partial charge in [-0.1, -0.05) is 12.1 Å². The molecule has 0 aliphatic rings. The highest BCUT2D eigenvalue weighted by molar-refractivity contribution is 5.40. The molecule has 2 aromatic heterocycles. The Bertz CT molecular complexity index is 1110. The molecule has 1 unspecified atom stereocenters. The Hall–Kier alpha value is -3.94. The van der Waals surface area contributed by atoms with E-state index in [1.807, 2.05) is 42.1 Å². The van der Waals surface area contributed by atoms with Crippen LogP contribution in [0.4, 0.5) is 10.3 Å². The molecule has 8 heteroatoms. The fourth-order valence-corrected chi connectivity index (χ4v) is 2.97. The molecule has 2 heterocycles. The minimum Gasteiger partial charge on any atom is -0.497 e. The Kier molecular flexibility index (Phi) is 5.56. The molecule has 0 spiro atoms. The number of hydrogen-bond donors (Lipinski definition) is 1. The minimum atomic E-state index is -0.329. The molecule has 7 nitrogen and oxygen atoms in total. The molecule has 2 aromatic carbocycles. The first-order valence-electron chi connectivity index (χ1n) is 9.26. The summed E-state index contributed by atoms with van der Waals surface area (Å²) in [5.41, 5.74) is 0.971. The van der Waals surface area contributed by atoms with Crippen molar-refractivity contribution >= 4 is 5.95 Å². The standard InChI is InChI=1S/C22H20FN5O2/c1-28-14-13-24-21(28)20(15-3-7-17(29-2)8-4-15)27-22-25-12-11-19(26-22)30-18-9-5-16(23)6-10-18/h3-14,20H,1-2H3,(H,25,26,27). The second-order valence-corrected chi connectivity index (χ2v) is 6.52. The smallest absolute Gasteiger partial charge is 0.226 e. The van der Waals surface area contributed by atoms with Gasteiger partial charge in [0.05, 0.1) is 7.11 Å². The Morgan fingerprint density at radius 3 is 2.33 bits per heavy atom. The third-order valence-corrected chi connectivity index (χ3v) is 4.51. The minimum absolute atomic E-state index is 0.294. The monoisotopic (exact) mass is 405 g/mol. The molecule has 0 saturated carbocycles. The third-order valence-electron chi connectivity index (χ3n) is 4.51.